The van der Waals surface area contributed by atoms with E-state index < -0.39 is 0 Å². The average Bonchev–Trinajstić information content (AvgIpc) is 2.61. The molecule has 23 heavy (non-hydrogen) atoms. The highest BCUT2D eigenvalue weighted by Gasteiger charge is 2.03. The number of aryl methyl sites for hydroxylation is 1. The van der Waals surface area contributed by atoms with Crippen LogP contribution in [-0.2, 0) is 17.6 Å². The zero-order valence-corrected chi connectivity index (χ0v) is 13.2. The number of nitrogens with zero attached hydrogens (tertiary/aromatic N) is 1. The van der Waals surface area contributed by atoms with E-state index in [0.717, 1.165) is 23.3 Å². The van der Waals surface area contributed by atoms with E-state index in [1.54, 1.807) is 19.2 Å². The predicted octanol–water partition coefficient (Wildman–Crippen LogP) is 2.86. The topological polar surface area (TPSA) is 62.1 Å². The molecule has 4 nitrogen and oxygen atoms in total. The maximum absolute atomic E-state index is 11.8. The summed E-state index contributed by atoms with van der Waals surface area (Å²) >= 11 is 0. The fourth-order valence-corrected chi connectivity index (χ4v) is 2.23. The Hall–Kier alpha value is -2.80. The second-order valence-electron chi connectivity index (χ2n) is 5.26. The summed E-state index contributed by atoms with van der Waals surface area (Å²) in [5.41, 5.74) is 2.87. The van der Waals surface area contributed by atoms with Gasteiger partial charge in [0, 0.05) is 13.0 Å². The molecule has 1 N–H and O–H groups in total. The number of hydrogen-bond donors (Lipinski definition) is 1. The van der Waals surface area contributed by atoms with Crippen molar-refractivity contribution in [3.8, 4) is 11.8 Å². The van der Waals surface area contributed by atoms with Crippen molar-refractivity contribution in [1.82, 2.24) is 5.32 Å². The lowest BCUT2D eigenvalue weighted by Crippen LogP contribution is -2.25. The van der Waals surface area contributed by atoms with Gasteiger partial charge in [-0.05, 0) is 48.2 Å². The first-order chi connectivity index (χ1) is 11.2. The van der Waals surface area contributed by atoms with Gasteiger partial charge in [0.2, 0.25) is 5.91 Å². The van der Waals surface area contributed by atoms with Crippen LogP contribution in [0.15, 0.2) is 48.5 Å². The third-order valence-electron chi connectivity index (χ3n) is 3.62. The second-order valence-corrected chi connectivity index (χ2v) is 5.26. The van der Waals surface area contributed by atoms with Crippen LogP contribution in [0.25, 0.3) is 0 Å². The van der Waals surface area contributed by atoms with Crippen LogP contribution >= 0.6 is 0 Å². The first-order valence-corrected chi connectivity index (χ1v) is 7.60. The highest BCUT2D eigenvalue weighted by atomic mass is 16.5. The molecule has 0 bridgehead atoms. The standard InChI is InChI=1S/C19H20N2O2/c1-23-18-9-6-16(7-10-18)12-13-21-19(22)11-8-15-2-4-17(14-20)5-3-15/h2-7,9-10H,8,11-13H2,1H3,(H,21,22). The van der Waals surface area contributed by atoms with E-state index >= 15 is 0 Å². The van der Waals surface area contributed by atoms with Crippen molar-refractivity contribution in [3.63, 3.8) is 0 Å². The molecule has 0 aliphatic carbocycles. The summed E-state index contributed by atoms with van der Waals surface area (Å²) in [6, 6.07) is 17.3. The maximum atomic E-state index is 11.8. The van der Waals surface area contributed by atoms with E-state index in [2.05, 4.69) is 11.4 Å². The summed E-state index contributed by atoms with van der Waals surface area (Å²) in [7, 11) is 1.64. The number of rotatable bonds is 7. The molecule has 0 saturated heterocycles. The minimum absolute atomic E-state index is 0.0443. The van der Waals surface area contributed by atoms with Crippen LogP contribution in [0.4, 0.5) is 0 Å². The number of amides is 1. The molecule has 2 aromatic rings. The van der Waals surface area contributed by atoms with Crippen LogP contribution in [0.1, 0.15) is 23.1 Å². The molecule has 4 heteroatoms. The van der Waals surface area contributed by atoms with Gasteiger partial charge in [0.1, 0.15) is 5.75 Å². The SMILES string of the molecule is COc1ccc(CCNC(=O)CCc2ccc(C#N)cc2)cc1. The van der Waals surface area contributed by atoms with Crippen molar-refractivity contribution < 1.29 is 9.53 Å². The normalized spacial score (nSPS) is 9.91. The zero-order valence-electron chi connectivity index (χ0n) is 13.2. The Bertz CT molecular complexity index is 670. The lowest BCUT2D eigenvalue weighted by molar-refractivity contribution is -0.121. The zero-order chi connectivity index (χ0) is 16.5. The number of nitriles is 1. The summed E-state index contributed by atoms with van der Waals surface area (Å²) < 4.78 is 5.11. The van der Waals surface area contributed by atoms with Gasteiger partial charge in [-0.15, -0.1) is 0 Å². The van der Waals surface area contributed by atoms with E-state index in [0.29, 0.717) is 24.9 Å². The monoisotopic (exact) mass is 308 g/mol. The van der Waals surface area contributed by atoms with Crippen LogP contribution < -0.4 is 10.1 Å². The molecule has 0 fully saturated rings. The molecule has 0 aromatic heterocycles. The molecule has 2 aromatic carbocycles. The first-order valence-electron chi connectivity index (χ1n) is 7.60. The van der Waals surface area contributed by atoms with E-state index in [4.69, 9.17) is 10.00 Å². The highest BCUT2D eigenvalue weighted by Crippen LogP contribution is 2.11. The highest BCUT2D eigenvalue weighted by molar-refractivity contribution is 5.76. The fraction of sp³-hybridized carbons (Fsp3) is 0.263. The number of benzene rings is 2. The Balaban J connectivity index is 1.69. The van der Waals surface area contributed by atoms with E-state index in [1.807, 2.05) is 36.4 Å². The van der Waals surface area contributed by atoms with Crippen molar-refractivity contribution in [2.24, 2.45) is 0 Å². The lowest BCUT2D eigenvalue weighted by atomic mass is 10.1. The minimum Gasteiger partial charge on any atom is -0.497 e. The van der Waals surface area contributed by atoms with Gasteiger partial charge in [0.05, 0.1) is 18.7 Å². The number of methoxy groups -OCH3 is 1. The molecule has 0 aliphatic rings. The van der Waals surface area contributed by atoms with Gasteiger partial charge in [0.15, 0.2) is 0 Å². The van der Waals surface area contributed by atoms with Gasteiger partial charge >= 0.3 is 0 Å². The third-order valence-corrected chi connectivity index (χ3v) is 3.62. The molecule has 0 saturated carbocycles. The number of carbonyl (C=O) groups excluding carboxylic acids is 1. The van der Waals surface area contributed by atoms with Crippen LogP contribution in [0.5, 0.6) is 5.75 Å². The molecule has 0 atom stereocenters. The molecule has 1 amide bonds. The molecule has 0 spiro atoms. The summed E-state index contributed by atoms with van der Waals surface area (Å²) in [5, 5.41) is 11.7. The average molecular weight is 308 g/mol. The van der Waals surface area contributed by atoms with Gasteiger partial charge in [-0.3, -0.25) is 4.79 Å². The fourth-order valence-electron chi connectivity index (χ4n) is 2.23. The Morgan fingerprint density at radius 2 is 1.65 bits per heavy atom. The van der Waals surface area contributed by atoms with Gasteiger partial charge in [-0.25, -0.2) is 0 Å². The molecular formula is C19H20N2O2. The van der Waals surface area contributed by atoms with Crippen LogP contribution in [-0.4, -0.2) is 19.6 Å². The summed E-state index contributed by atoms with van der Waals surface area (Å²) in [6.45, 7) is 0.624. The molecular weight excluding hydrogens is 288 g/mol. The third kappa shape index (κ3) is 5.48. The predicted molar refractivity (Wildman–Crippen MR) is 89.2 cm³/mol. The van der Waals surface area contributed by atoms with Crippen LogP contribution in [0.3, 0.4) is 0 Å². The summed E-state index contributed by atoms with van der Waals surface area (Å²) in [4.78, 5) is 11.8. The van der Waals surface area contributed by atoms with Gasteiger partial charge in [0.25, 0.3) is 0 Å². The maximum Gasteiger partial charge on any atom is 0.220 e. The van der Waals surface area contributed by atoms with E-state index in [-0.39, 0.29) is 5.91 Å². The molecule has 0 aliphatic heterocycles. The Labute approximate surface area is 136 Å². The smallest absolute Gasteiger partial charge is 0.220 e. The quantitative estimate of drug-likeness (QED) is 0.855. The Morgan fingerprint density at radius 3 is 2.26 bits per heavy atom. The number of nitrogens with one attached hydrogen (secondary N) is 1. The van der Waals surface area contributed by atoms with Crippen LogP contribution in [0.2, 0.25) is 0 Å². The largest absolute Gasteiger partial charge is 0.497 e. The number of hydrogen-bond acceptors (Lipinski definition) is 3. The van der Waals surface area contributed by atoms with Gasteiger partial charge < -0.3 is 10.1 Å². The number of ether oxygens (including phenoxy) is 1. The van der Waals surface area contributed by atoms with Gasteiger partial charge in [-0.1, -0.05) is 24.3 Å². The minimum atomic E-state index is 0.0443. The summed E-state index contributed by atoms with van der Waals surface area (Å²) in [6.07, 6.45) is 1.93. The Morgan fingerprint density at radius 1 is 1.04 bits per heavy atom. The first kappa shape index (κ1) is 16.6. The summed E-state index contributed by atoms with van der Waals surface area (Å²) in [5.74, 6) is 0.878. The molecule has 2 rings (SSSR count). The van der Waals surface area contributed by atoms with Gasteiger partial charge in [-0.2, -0.15) is 5.26 Å². The molecule has 0 heterocycles. The number of carbonyl (C=O) groups is 1. The Kier molecular flexibility index (Phi) is 6.19. The van der Waals surface area contributed by atoms with E-state index in [1.165, 1.54) is 0 Å². The van der Waals surface area contributed by atoms with Crippen molar-refractivity contribution in [3.05, 3.63) is 65.2 Å². The molecule has 0 unspecified atom stereocenters. The second kappa shape index (κ2) is 8.60. The van der Waals surface area contributed by atoms with Crippen molar-refractivity contribution in [2.45, 2.75) is 19.3 Å². The molecule has 0 radical (unpaired) electrons. The van der Waals surface area contributed by atoms with Crippen LogP contribution in [0, 0.1) is 11.3 Å². The van der Waals surface area contributed by atoms with Crippen molar-refractivity contribution >= 4 is 5.91 Å². The molecule has 118 valence electrons. The van der Waals surface area contributed by atoms with E-state index in [9.17, 15) is 4.79 Å². The lowest BCUT2D eigenvalue weighted by Gasteiger charge is -2.06. The van der Waals surface area contributed by atoms with Crippen molar-refractivity contribution in [2.75, 3.05) is 13.7 Å². The van der Waals surface area contributed by atoms with Crippen molar-refractivity contribution in [1.29, 1.82) is 5.26 Å².